The average molecular weight is 568 g/mol. The lowest BCUT2D eigenvalue weighted by atomic mass is 9.96. The molecule has 4 heterocycles. The minimum atomic E-state index is -0.205. The summed E-state index contributed by atoms with van der Waals surface area (Å²) in [5.41, 5.74) is 7.45. The number of hydrogen-bond acceptors (Lipinski definition) is 7. The molecular weight excluding hydrogens is 522 g/mol. The average Bonchev–Trinajstić information content (AvgIpc) is 3.33. The molecule has 8 heteroatoms. The molecule has 1 saturated heterocycles. The Balaban J connectivity index is 1.25. The minimum absolute atomic E-state index is 0.0660. The lowest BCUT2D eigenvalue weighted by molar-refractivity contribution is -0.110. The number of benzene rings is 1. The molecule has 0 unspecified atom stereocenters. The fourth-order valence-electron chi connectivity index (χ4n) is 5.83. The van der Waals surface area contributed by atoms with Crippen LogP contribution in [0.15, 0.2) is 60.0 Å². The normalized spacial score (nSPS) is 18.1. The van der Waals surface area contributed by atoms with Crippen LogP contribution in [0.3, 0.4) is 0 Å². The number of rotatable bonds is 11. The number of carbonyl (C=O) groups excluding carboxylic acids is 1. The van der Waals surface area contributed by atoms with E-state index in [0.29, 0.717) is 17.3 Å². The first-order chi connectivity index (χ1) is 20.3. The molecule has 1 aromatic carbocycles. The zero-order chi connectivity index (χ0) is 29.6. The third-order valence-corrected chi connectivity index (χ3v) is 8.52. The maximum atomic E-state index is 13.4. The van der Waals surface area contributed by atoms with Crippen LogP contribution in [-0.2, 0) is 11.3 Å². The molecule has 42 heavy (non-hydrogen) atoms. The summed E-state index contributed by atoms with van der Waals surface area (Å²) in [6.45, 7) is 13.8. The van der Waals surface area contributed by atoms with Crippen LogP contribution >= 0.6 is 0 Å². The molecule has 2 aliphatic heterocycles. The number of aromatic nitrogens is 2. The van der Waals surface area contributed by atoms with Gasteiger partial charge in [-0.3, -0.25) is 24.7 Å². The molecule has 222 valence electrons. The number of carbonyl (C=O) groups is 1. The molecule has 3 aromatic rings. The van der Waals surface area contributed by atoms with Gasteiger partial charge in [0, 0.05) is 61.9 Å². The van der Waals surface area contributed by atoms with Crippen molar-refractivity contribution in [2.24, 2.45) is 4.99 Å². The van der Waals surface area contributed by atoms with Gasteiger partial charge in [0.25, 0.3) is 5.91 Å². The Bertz CT molecular complexity index is 1400. The quantitative estimate of drug-likeness (QED) is 0.342. The van der Waals surface area contributed by atoms with Crippen molar-refractivity contribution in [2.75, 3.05) is 58.7 Å². The van der Waals surface area contributed by atoms with E-state index < -0.39 is 0 Å². The second-order valence-electron chi connectivity index (χ2n) is 12.0. The Hall–Kier alpha value is -3.46. The fourth-order valence-corrected chi connectivity index (χ4v) is 5.83. The molecule has 0 spiro atoms. The number of nitrogens with zero attached hydrogens (tertiary/aromatic N) is 6. The highest BCUT2D eigenvalue weighted by molar-refractivity contribution is 6.50. The van der Waals surface area contributed by atoms with Crippen LogP contribution in [0.2, 0.25) is 0 Å². The van der Waals surface area contributed by atoms with Crippen molar-refractivity contribution in [3.05, 3.63) is 77.4 Å². The van der Waals surface area contributed by atoms with Gasteiger partial charge in [-0.2, -0.15) is 0 Å². The minimum Gasteiger partial charge on any atom is -0.319 e. The highest BCUT2D eigenvalue weighted by Crippen LogP contribution is 2.33. The number of aliphatic imine (C=N–C) groups is 1. The van der Waals surface area contributed by atoms with E-state index in [2.05, 4.69) is 82.2 Å². The monoisotopic (exact) mass is 567 g/mol. The molecule has 1 amide bonds. The maximum Gasteiger partial charge on any atom is 0.274 e. The number of hydrogen-bond donors (Lipinski definition) is 1. The summed E-state index contributed by atoms with van der Waals surface area (Å²) in [6, 6.07) is 12.4. The van der Waals surface area contributed by atoms with Crippen molar-refractivity contribution in [1.82, 2.24) is 24.7 Å². The number of pyridine rings is 2. The van der Waals surface area contributed by atoms with Gasteiger partial charge in [-0.15, -0.1) is 0 Å². The predicted molar refractivity (Wildman–Crippen MR) is 171 cm³/mol. The van der Waals surface area contributed by atoms with E-state index >= 15 is 0 Å². The van der Waals surface area contributed by atoms with E-state index in [0.717, 1.165) is 86.6 Å². The zero-order valence-electron chi connectivity index (χ0n) is 25.8. The lowest BCUT2D eigenvalue weighted by Crippen LogP contribution is -2.43. The third-order valence-electron chi connectivity index (χ3n) is 8.52. The van der Waals surface area contributed by atoms with Gasteiger partial charge in [0.2, 0.25) is 0 Å². The highest BCUT2D eigenvalue weighted by atomic mass is 16.1. The largest absolute Gasteiger partial charge is 0.319 e. The summed E-state index contributed by atoms with van der Waals surface area (Å²) < 4.78 is 0. The van der Waals surface area contributed by atoms with Crippen molar-refractivity contribution in [3.8, 4) is 11.1 Å². The summed E-state index contributed by atoms with van der Waals surface area (Å²) >= 11 is 0. The molecule has 2 aromatic heterocycles. The van der Waals surface area contributed by atoms with Crippen molar-refractivity contribution in [2.45, 2.75) is 52.1 Å². The van der Waals surface area contributed by atoms with Crippen molar-refractivity contribution >= 4 is 17.3 Å². The SMILES string of the molecule is CCCN(C)CC[C@@H](C)c1ccc(NC(=O)C2=N[C@@H](C)c3ccc(-c4cncc(CN5CCN(C)CC5)c4)cc32)cn1. The predicted octanol–water partition coefficient (Wildman–Crippen LogP) is 5.23. The number of fused-ring (bicyclic) bond motifs is 1. The first-order valence-electron chi connectivity index (χ1n) is 15.3. The number of piperazine rings is 1. The van der Waals surface area contributed by atoms with Crippen molar-refractivity contribution in [1.29, 1.82) is 0 Å². The fraction of sp³-hybridized carbons (Fsp3) is 0.471. The van der Waals surface area contributed by atoms with E-state index in [-0.39, 0.29) is 11.9 Å². The smallest absolute Gasteiger partial charge is 0.274 e. The molecule has 8 nitrogen and oxygen atoms in total. The molecule has 0 aliphatic carbocycles. The highest BCUT2D eigenvalue weighted by Gasteiger charge is 2.27. The molecule has 2 aliphatic rings. The molecule has 1 fully saturated rings. The Morgan fingerprint density at radius 1 is 1.05 bits per heavy atom. The molecule has 5 rings (SSSR count). The molecule has 0 radical (unpaired) electrons. The zero-order valence-corrected chi connectivity index (χ0v) is 25.8. The van der Waals surface area contributed by atoms with Crippen LogP contribution in [-0.4, -0.2) is 89.7 Å². The van der Waals surface area contributed by atoms with Gasteiger partial charge in [-0.1, -0.05) is 26.0 Å². The van der Waals surface area contributed by atoms with E-state index in [9.17, 15) is 4.79 Å². The summed E-state index contributed by atoms with van der Waals surface area (Å²) in [5, 5.41) is 3.03. The van der Waals surface area contributed by atoms with E-state index in [1.165, 1.54) is 5.56 Å². The Morgan fingerprint density at radius 2 is 1.86 bits per heavy atom. The molecular formula is C34H45N7O. The first kappa shape index (κ1) is 30.0. The number of amides is 1. The second-order valence-corrected chi connectivity index (χ2v) is 12.0. The van der Waals surface area contributed by atoms with Crippen molar-refractivity contribution in [3.63, 3.8) is 0 Å². The van der Waals surface area contributed by atoms with Crippen LogP contribution in [0.5, 0.6) is 0 Å². The third kappa shape index (κ3) is 7.30. The van der Waals surface area contributed by atoms with Crippen LogP contribution in [0.1, 0.15) is 68.0 Å². The Morgan fingerprint density at radius 3 is 2.60 bits per heavy atom. The Labute approximate surface area is 250 Å². The molecule has 0 bridgehead atoms. The standard InChI is InChI=1S/C34H45N7O/c1-6-12-39(4)13-11-24(2)32-10-8-29(22-36-32)38-34(42)33-31-19-27(7-9-30(31)25(3)37-33)28-18-26(20-35-21-28)23-41-16-14-40(5)15-17-41/h7-10,18-22,24-25H,6,11-17,23H2,1-5H3,(H,38,42)/t24-,25+/m1/s1. The summed E-state index contributed by atoms with van der Waals surface area (Å²) in [5.74, 6) is 0.150. The van der Waals surface area contributed by atoms with Gasteiger partial charge in [-0.25, -0.2) is 0 Å². The van der Waals surface area contributed by atoms with Gasteiger partial charge in [-0.05, 0) is 93.8 Å². The second kappa shape index (κ2) is 13.7. The van der Waals surface area contributed by atoms with Crippen molar-refractivity contribution < 1.29 is 4.79 Å². The van der Waals surface area contributed by atoms with Crippen LogP contribution in [0, 0.1) is 0 Å². The molecule has 0 saturated carbocycles. The van der Waals surface area contributed by atoms with Gasteiger partial charge in [0.05, 0.1) is 17.9 Å². The number of anilines is 1. The van der Waals surface area contributed by atoms with Gasteiger partial charge < -0.3 is 15.1 Å². The first-order valence-corrected chi connectivity index (χ1v) is 15.3. The van der Waals surface area contributed by atoms with Crippen LogP contribution in [0.25, 0.3) is 11.1 Å². The Kier molecular flexibility index (Phi) is 9.77. The van der Waals surface area contributed by atoms with Gasteiger partial charge in [0.15, 0.2) is 0 Å². The van der Waals surface area contributed by atoms with E-state index in [4.69, 9.17) is 4.99 Å². The maximum absolute atomic E-state index is 13.4. The van der Waals surface area contributed by atoms with E-state index in [1.54, 1.807) is 6.20 Å². The number of nitrogens with one attached hydrogen (secondary N) is 1. The summed E-state index contributed by atoms with van der Waals surface area (Å²) in [4.78, 5) is 34.6. The van der Waals surface area contributed by atoms with E-state index in [1.807, 2.05) is 31.5 Å². The topological polar surface area (TPSA) is 77.0 Å². The molecule has 1 N–H and O–H groups in total. The van der Waals surface area contributed by atoms with Crippen LogP contribution in [0.4, 0.5) is 5.69 Å². The number of likely N-dealkylation sites (N-methyl/N-ethyl adjacent to an activating group) is 1. The van der Waals surface area contributed by atoms with Gasteiger partial charge >= 0.3 is 0 Å². The summed E-state index contributed by atoms with van der Waals surface area (Å²) in [6.07, 6.45) is 7.84. The van der Waals surface area contributed by atoms with Gasteiger partial charge in [0.1, 0.15) is 5.71 Å². The lowest BCUT2D eigenvalue weighted by Gasteiger charge is -2.32. The summed E-state index contributed by atoms with van der Waals surface area (Å²) in [7, 11) is 4.34. The molecule has 2 atom stereocenters. The van der Waals surface area contributed by atoms with Crippen LogP contribution < -0.4 is 5.32 Å².